The molecule has 3 N–H and O–H groups in total. The molecule has 2 unspecified atom stereocenters. The fraction of sp³-hybridized carbons (Fsp3) is 0.846. The molecule has 5 heteroatoms. The molecular formula is C13H23N3O2. The molecule has 2 rings (SSSR count). The number of nitrogens with zero attached hydrogens (tertiary/aromatic N) is 1. The van der Waals surface area contributed by atoms with E-state index in [1.807, 2.05) is 0 Å². The van der Waals surface area contributed by atoms with E-state index in [1.54, 1.807) is 11.9 Å². The Morgan fingerprint density at radius 2 is 2.06 bits per heavy atom. The number of nitrogens with one attached hydrogen (secondary N) is 1. The van der Waals surface area contributed by atoms with Gasteiger partial charge in [0.05, 0.1) is 0 Å². The van der Waals surface area contributed by atoms with E-state index in [0.29, 0.717) is 18.9 Å². The number of hydrogen-bond acceptors (Lipinski definition) is 3. The molecule has 1 aliphatic carbocycles. The van der Waals surface area contributed by atoms with Gasteiger partial charge in [-0.3, -0.25) is 9.59 Å². The number of likely N-dealkylation sites (tertiary alicyclic amines) is 1. The molecular weight excluding hydrogens is 230 g/mol. The normalized spacial score (nSPS) is 25.7. The first-order valence-corrected chi connectivity index (χ1v) is 6.90. The number of rotatable bonds is 4. The van der Waals surface area contributed by atoms with Crippen molar-refractivity contribution in [3.8, 4) is 0 Å². The smallest absolute Gasteiger partial charge is 0.242 e. The van der Waals surface area contributed by atoms with Gasteiger partial charge in [-0.15, -0.1) is 0 Å². The zero-order valence-corrected chi connectivity index (χ0v) is 11.0. The number of nitrogens with two attached hydrogens (primary N) is 1. The average molecular weight is 253 g/mol. The van der Waals surface area contributed by atoms with Crippen LogP contribution in [-0.2, 0) is 9.59 Å². The SMILES string of the molecule is CNC(=O)C1CCCCN1C(=O)CC(N)C1CC1. The summed E-state index contributed by atoms with van der Waals surface area (Å²) in [6.45, 7) is 0.689. The lowest BCUT2D eigenvalue weighted by molar-refractivity contribution is -0.142. The molecule has 5 nitrogen and oxygen atoms in total. The molecule has 0 aromatic carbocycles. The highest BCUT2D eigenvalue weighted by Crippen LogP contribution is 2.33. The molecule has 0 radical (unpaired) electrons. The Hall–Kier alpha value is -1.10. The minimum atomic E-state index is -0.289. The molecule has 2 fully saturated rings. The van der Waals surface area contributed by atoms with Crippen LogP contribution in [0.25, 0.3) is 0 Å². The van der Waals surface area contributed by atoms with E-state index in [-0.39, 0.29) is 23.9 Å². The van der Waals surface area contributed by atoms with Crippen LogP contribution in [0.15, 0.2) is 0 Å². The first kappa shape index (κ1) is 13.3. The monoisotopic (exact) mass is 253 g/mol. The maximum atomic E-state index is 12.2. The Morgan fingerprint density at radius 1 is 1.33 bits per heavy atom. The highest BCUT2D eigenvalue weighted by molar-refractivity contribution is 5.87. The van der Waals surface area contributed by atoms with Gasteiger partial charge in [0.2, 0.25) is 11.8 Å². The van der Waals surface area contributed by atoms with Crippen LogP contribution in [0, 0.1) is 5.92 Å². The molecule has 0 aromatic rings. The van der Waals surface area contributed by atoms with Crippen molar-refractivity contribution in [3.63, 3.8) is 0 Å². The lowest BCUT2D eigenvalue weighted by Gasteiger charge is -2.35. The van der Waals surface area contributed by atoms with Gasteiger partial charge in [-0.2, -0.15) is 0 Å². The number of hydrogen-bond donors (Lipinski definition) is 2. The molecule has 2 amide bonds. The Morgan fingerprint density at radius 3 is 2.67 bits per heavy atom. The summed E-state index contributed by atoms with van der Waals surface area (Å²) in [6, 6.07) is -0.313. The van der Waals surface area contributed by atoms with Crippen molar-refractivity contribution in [1.82, 2.24) is 10.2 Å². The van der Waals surface area contributed by atoms with Crippen LogP contribution in [0.1, 0.15) is 38.5 Å². The summed E-state index contributed by atoms with van der Waals surface area (Å²) in [5, 5.41) is 2.64. The van der Waals surface area contributed by atoms with E-state index in [4.69, 9.17) is 5.73 Å². The molecule has 18 heavy (non-hydrogen) atoms. The number of likely N-dealkylation sites (N-methyl/N-ethyl adjacent to an activating group) is 1. The fourth-order valence-electron chi connectivity index (χ4n) is 2.68. The van der Waals surface area contributed by atoms with Gasteiger partial charge in [-0.1, -0.05) is 0 Å². The van der Waals surface area contributed by atoms with Crippen LogP contribution >= 0.6 is 0 Å². The van der Waals surface area contributed by atoms with E-state index in [0.717, 1.165) is 32.1 Å². The van der Waals surface area contributed by atoms with Crippen molar-refractivity contribution < 1.29 is 9.59 Å². The van der Waals surface area contributed by atoms with Gasteiger partial charge in [0.25, 0.3) is 0 Å². The van der Waals surface area contributed by atoms with Crippen molar-refractivity contribution in [1.29, 1.82) is 0 Å². The summed E-state index contributed by atoms with van der Waals surface area (Å²) >= 11 is 0. The van der Waals surface area contributed by atoms with Crippen LogP contribution in [0.5, 0.6) is 0 Å². The highest BCUT2D eigenvalue weighted by atomic mass is 16.2. The first-order chi connectivity index (χ1) is 8.63. The van der Waals surface area contributed by atoms with Gasteiger partial charge in [-0.25, -0.2) is 0 Å². The fourth-order valence-corrected chi connectivity index (χ4v) is 2.68. The number of carbonyl (C=O) groups is 2. The topological polar surface area (TPSA) is 75.4 Å². The van der Waals surface area contributed by atoms with Crippen LogP contribution < -0.4 is 11.1 Å². The van der Waals surface area contributed by atoms with Crippen LogP contribution in [0.4, 0.5) is 0 Å². The third-order valence-electron chi connectivity index (χ3n) is 4.01. The van der Waals surface area contributed by atoms with Crippen molar-refractivity contribution in [2.75, 3.05) is 13.6 Å². The zero-order valence-electron chi connectivity index (χ0n) is 11.0. The zero-order chi connectivity index (χ0) is 13.1. The predicted molar refractivity (Wildman–Crippen MR) is 68.7 cm³/mol. The minimum absolute atomic E-state index is 0.0234. The second-order valence-electron chi connectivity index (χ2n) is 5.42. The summed E-state index contributed by atoms with van der Waals surface area (Å²) in [4.78, 5) is 25.7. The van der Waals surface area contributed by atoms with E-state index in [2.05, 4.69) is 5.32 Å². The van der Waals surface area contributed by atoms with E-state index < -0.39 is 0 Å². The molecule has 0 bridgehead atoms. The van der Waals surface area contributed by atoms with Crippen molar-refractivity contribution in [2.45, 2.75) is 50.6 Å². The Balaban J connectivity index is 1.94. The van der Waals surface area contributed by atoms with Gasteiger partial charge in [0, 0.05) is 26.1 Å². The number of carbonyl (C=O) groups excluding carboxylic acids is 2. The molecule has 0 spiro atoms. The van der Waals surface area contributed by atoms with Crippen molar-refractivity contribution in [2.24, 2.45) is 11.7 Å². The Bertz CT molecular complexity index is 328. The van der Waals surface area contributed by atoms with Crippen molar-refractivity contribution >= 4 is 11.8 Å². The number of amides is 2. The first-order valence-electron chi connectivity index (χ1n) is 6.90. The van der Waals surface area contributed by atoms with Gasteiger partial charge < -0.3 is 16.0 Å². The molecule has 1 heterocycles. The molecule has 102 valence electrons. The maximum Gasteiger partial charge on any atom is 0.242 e. The Kier molecular flexibility index (Phi) is 4.22. The maximum absolute atomic E-state index is 12.2. The van der Waals surface area contributed by atoms with E-state index >= 15 is 0 Å². The minimum Gasteiger partial charge on any atom is -0.357 e. The standard InChI is InChI=1S/C13H23N3O2/c1-15-13(18)11-4-2-3-7-16(11)12(17)8-10(14)9-5-6-9/h9-11H,2-8,14H2,1H3,(H,15,18). The summed E-state index contributed by atoms with van der Waals surface area (Å²) in [5.41, 5.74) is 5.99. The second-order valence-corrected chi connectivity index (χ2v) is 5.42. The van der Waals surface area contributed by atoms with Crippen LogP contribution in [0.3, 0.4) is 0 Å². The molecule has 2 aliphatic rings. The van der Waals surface area contributed by atoms with Gasteiger partial charge in [0.1, 0.15) is 6.04 Å². The summed E-state index contributed by atoms with van der Waals surface area (Å²) in [7, 11) is 1.62. The lowest BCUT2D eigenvalue weighted by atomic mass is 9.99. The molecule has 1 saturated carbocycles. The summed E-state index contributed by atoms with van der Waals surface area (Å²) < 4.78 is 0. The van der Waals surface area contributed by atoms with Gasteiger partial charge >= 0.3 is 0 Å². The van der Waals surface area contributed by atoms with Crippen molar-refractivity contribution in [3.05, 3.63) is 0 Å². The van der Waals surface area contributed by atoms with Crippen LogP contribution in [-0.4, -0.2) is 42.4 Å². The third-order valence-corrected chi connectivity index (χ3v) is 4.01. The summed E-state index contributed by atoms with van der Waals surface area (Å²) in [6.07, 6.45) is 5.44. The molecule has 1 aliphatic heterocycles. The van der Waals surface area contributed by atoms with Gasteiger partial charge in [-0.05, 0) is 38.0 Å². The average Bonchev–Trinajstić information content (AvgIpc) is 3.22. The third kappa shape index (κ3) is 3.02. The highest BCUT2D eigenvalue weighted by Gasteiger charge is 2.35. The van der Waals surface area contributed by atoms with Gasteiger partial charge in [0.15, 0.2) is 0 Å². The molecule has 0 aromatic heterocycles. The molecule has 1 saturated heterocycles. The van der Waals surface area contributed by atoms with Crippen LogP contribution in [0.2, 0.25) is 0 Å². The summed E-state index contributed by atoms with van der Waals surface area (Å²) in [5.74, 6) is 0.517. The lowest BCUT2D eigenvalue weighted by Crippen LogP contribution is -2.52. The predicted octanol–water partition coefficient (Wildman–Crippen LogP) is 0.241. The quantitative estimate of drug-likeness (QED) is 0.753. The number of piperidine rings is 1. The largest absolute Gasteiger partial charge is 0.357 e. The van der Waals surface area contributed by atoms with E-state index in [9.17, 15) is 9.59 Å². The molecule has 2 atom stereocenters. The van der Waals surface area contributed by atoms with E-state index in [1.165, 1.54) is 0 Å². The second kappa shape index (κ2) is 5.69. The Labute approximate surface area is 108 Å².